The van der Waals surface area contributed by atoms with Crippen molar-refractivity contribution in [3.8, 4) is 0 Å². The van der Waals surface area contributed by atoms with Gasteiger partial charge in [-0.1, -0.05) is 5.16 Å². The first-order valence-corrected chi connectivity index (χ1v) is 5.47. The Hall–Kier alpha value is -1.10. The van der Waals surface area contributed by atoms with Gasteiger partial charge in [-0.25, -0.2) is 4.79 Å². The molecular formula is C10H17N3O2. The predicted molar refractivity (Wildman–Crippen MR) is 55.7 cm³/mol. The number of aromatic nitrogens is 2. The Balaban J connectivity index is 2.02. The molecule has 0 bridgehead atoms. The first-order chi connectivity index (χ1) is 7.16. The minimum Gasteiger partial charge on any atom is -0.298 e. The van der Waals surface area contributed by atoms with Crippen molar-refractivity contribution in [3.63, 3.8) is 0 Å². The van der Waals surface area contributed by atoms with Crippen LogP contribution in [0, 0.1) is 0 Å². The van der Waals surface area contributed by atoms with Crippen LogP contribution in [-0.4, -0.2) is 33.7 Å². The van der Waals surface area contributed by atoms with E-state index in [0.29, 0.717) is 17.9 Å². The van der Waals surface area contributed by atoms with E-state index in [-0.39, 0.29) is 0 Å². The fourth-order valence-corrected chi connectivity index (χ4v) is 2.33. The van der Waals surface area contributed by atoms with Gasteiger partial charge in [-0.3, -0.25) is 14.4 Å². The molecule has 1 aliphatic heterocycles. The molecule has 0 saturated carbocycles. The number of nitrogens with zero attached hydrogens (tertiary/aromatic N) is 2. The van der Waals surface area contributed by atoms with Gasteiger partial charge in [-0.15, -0.1) is 0 Å². The van der Waals surface area contributed by atoms with Gasteiger partial charge in [0.15, 0.2) is 5.82 Å². The van der Waals surface area contributed by atoms with E-state index >= 15 is 0 Å². The van der Waals surface area contributed by atoms with E-state index in [1.807, 2.05) is 0 Å². The Morgan fingerprint density at radius 1 is 1.67 bits per heavy atom. The Bertz CT molecular complexity index is 369. The van der Waals surface area contributed by atoms with Crippen molar-refractivity contribution in [2.75, 3.05) is 6.54 Å². The van der Waals surface area contributed by atoms with Crippen LogP contribution >= 0.6 is 0 Å². The fraction of sp³-hybridized carbons (Fsp3) is 0.800. The van der Waals surface area contributed by atoms with E-state index in [0.717, 1.165) is 13.0 Å². The number of hydrogen-bond donors (Lipinski definition) is 1. The molecule has 84 valence electrons. The Morgan fingerprint density at radius 3 is 3.07 bits per heavy atom. The highest BCUT2D eigenvalue weighted by Gasteiger charge is 2.27. The number of aromatic amines is 1. The summed E-state index contributed by atoms with van der Waals surface area (Å²) in [6, 6.07) is 1.04. The van der Waals surface area contributed by atoms with Crippen molar-refractivity contribution in [2.24, 2.45) is 0 Å². The van der Waals surface area contributed by atoms with Crippen molar-refractivity contribution in [2.45, 2.75) is 45.2 Å². The van der Waals surface area contributed by atoms with E-state index in [1.54, 1.807) is 0 Å². The van der Waals surface area contributed by atoms with Crippen LogP contribution in [0.3, 0.4) is 0 Å². The van der Waals surface area contributed by atoms with Crippen LogP contribution in [0.1, 0.15) is 32.5 Å². The highest BCUT2D eigenvalue weighted by atomic mass is 16.5. The standard InChI is InChI=1S/C10H17N3O2/c1-7(2)13-5-3-4-8(13)6-9-11-10(14)15-12-9/h7-8H,3-6H2,1-2H3,(H,11,12,14). The quantitative estimate of drug-likeness (QED) is 0.802. The van der Waals surface area contributed by atoms with E-state index in [9.17, 15) is 4.79 Å². The van der Waals surface area contributed by atoms with Gasteiger partial charge in [0.25, 0.3) is 0 Å². The molecule has 1 saturated heterocycles. The molecule has 1 aromatic rings. The van der Waals surface area contributed by atoms with Crippen LogP contribution in [0.5, 0.6) is 0 Å². The van der Waals surface area contributed by atoms with Gasteiger partial charge < -0.3 is 0 Å². The monoisotopic (exact) mass is 211 g/mol. The Morgan fingerprint density at radius 2 is 2.47 bits per heavy atom. The predicted octanol–water partition coefficient (Wildman–Crippen LogP) is 0.778. The Labute approximate surface area is 88.5 Å². The fourth-order valence-electron chi connectivity index (χ4n) is 2.33. The SMILES string of the molecule is CC(C)N1CCCC1Cc1noc(=O)[nH]1. The Kier molecular flexibility index (Phi) is 2.90. The zero-order chi connectivity index (χ0) is 10.8. The molecule has 0 radical (unpaired) electrons. The molecule has 5 nitrogen and oxygen atoms in total. The van der Waals surface area contributed by atoms with Crippen LogP contribution in [0.15, 0.2) is 9.32 Å². The summed E-state index contributed by atoms with van der Waals surface area (Å²) < 4.78 is 4.49. The maximum Gasteiger partial charge on any atom is 0.438 e. The first kappa shape index (κ1) is 10.4. The minimum absolute atomic E-state index is 0.459. The molecule has 0 amide bonds. The zero-order valence-electron chi connectivity index (χ0n) is 9.19. The van der Waals surface area contributed by atoms with Gasteiger partial charge in [0.1, 0.15) is 0 Å². The van der Waals surface area contributed by atoms with Crippen LogP contribution in [0.2, 0.25) is 0 Å². The molecule has 15 heavy (non-hydrogen) atoms. The van der Waals surface area contributed by atoms with Crippen LogP contribution in [0.4, 0.5) is 0 Å². The lowest BCUT2D eigenvalue weighted by Gasteiger charge is -2.27. The summed E-state index contributed by atoms with van der Waals surface area (Å²) in [5.41, 5.74) is 0. The molecule has 1 N–H and O–H groups in total. The van der Waals surface area contributed by atoms with Crippen molar-refractivity contribution in [1.29, 1.82) is 0 Å². The molecule has 1 aliphatic rings. The average Bonchev–Trinajstić information content (AvgIpc) is 2.75. The van der Waals surface area contributed by atoms with Crippen LogP contribution in [0.25, 0.3) is 0 Å². The molecule has 5 heteroatoms. The number of hydrogen-bond acceptors (Lipinski definition) is 4. The van der Waals surface area contributed by atoms with Gasteiger partial charge in [-0.2, -0.15) is 0 Å². The molecule has 2 heterocycles. The number of nitrogens with one attached hydrogen (secondary N) is 1. The lowest BCUT2D eigenvalue weighted by Crippen LogP contribution is -2.37. The second kappa shape index (κ2) is 4.18. The molecule has 0 spiro atoms. The summed E-state index contributed by atoms with van der Waals surface area (Å²) in [5, 5.41) is 3.70. The second-order valence-corrected chi connectivity index (χ2v) is 4.37. The molecule has 0 aliphatic carbocycles. The third-order valence-electron chi connectivity index (χ3n) is 3.00. The van der Waals surface area contributed by atoms with E-state index < -0.39 is 5.76 Å². The number of H-pyrrole nitrogens is 1. The van der Waals surface area contributed by atoms with Crippen molar-refractivity contribution in [3.05, 3.63) is 16.4 Å². The van der Waals surface area contributed by atoms with Crippen molar-refractivity contribution in [1.82, 2.24) is 15.0 Å². The molecule has 0 aromatic carbocycles. The lowest BCUT2D eigenvalue weighted by molar-refractivity contribution is 0.200. The summed E-state index contributed by atoms with van der Waals surface area (Å²) in [7, 11) is 0. The second-order valence-electron chi connectivity index (χ2n) is 4.37. The van der Waals surface area contributed by atoms with Crippen molar-refractivity contribution >= 4 is 0 Å². The summed E-state index contributed by atoms with van der Waals surface area (Å²) in [5.74, 6) is 0.205. The van der Waals surface area contributed by atoms with Crippen molar-refractivity contribution < 1.29 is 4.52 Å². The van der Waals surface area contributed by atoms with E-state index in [2.05, 4.69) is 33.4 Å². The van der Waals surface area contributed by atoms with Gasteiger partial charge in [0.05, 0.1) is 0 Å². The highest BCUT2D eigenvalue weighted by molar-refractivity contribution is 4.90. The largest absolute Gasteiger partial charge is 0.438 e. The molecule has 1 fully saturated rings. The maximum absolute atomic E-state index is 10.8. The van der Waals surface area contributed by atoms with E-state index in [1.165, 1.54) is 12.8 Å². The summed E-state index contributed by atoms with van der Waals surface area (Å²) in [6.07, 6.45) is 3.18. The van der Waals surface area contributed by atoms with Gasteiger partial charge >= 0.3 is 5.76 Å². The molecule has 2 rings (SSSR count). The normalized spacial score (nSPS) is 22.7. The summed E-state index contributed by atoms with van der Waals surface area (Å²) in [6.45, 7) is 5.54. The minimum atomic E-state index is -0.459. The molecule has 1 aromatic heterocycles. The van der Waals surface area contributed by atoms with Crippen LogP contribution < -0.4 is 5.76 Å². The third-order valence-corrected chi connectivity index (χ3v) is 3.00. The molecular weight excluding hydrogens is 194 g/mol. The van der Waals surface area contributed by atoms with Crippen LogP contribution in [-0.2, 0) is 6.42 Å². The summed E-state index contributed by atoms with van der Waals surface area (Å²) in [4.78, 5) is 15.8. The number of likely N-dealkylation sites (tertiary alicyclic amines) is 1. The smallest absolute Gasteiger partial charge is 0.298 e. The third kappa shape index (κ3) is 2.28. The number of rotatable bonds is 3. The van der Waals surface area contributed by atoms with Gasteiger partial charge in [-0.05, 0) is 33.2 Å². The van der Waals surface area contributed by atoms with E-state index in [4.69, 9.17) is 0 Å². The lowest BCUT2D eigenvalue weighted by atomic mass is 10.1. The van der Waals surface area contributed by atoms with Gasteiger partial charge in [0.2, 0.25) is 0 Å². The highest BCUT2D eigenvalue weighted by Crippen LogP contribution is 2.21. The van der Waals surface area contributed by atoms with Gasteiger partial charge in [0, 0.05) is 18.5 Å². The maximum atomic E-state index is 10.8. The summed E-state index contributed by atoms with van der Waals surface area (Å²) >= 11 is 0. The zero-order valence-corrected chi connectivity index (χ0v) is 9.19. The molecule has 1 unspecified atom stereocenters. The first-order valence-electron chi connectivity index (χ1n) is 5.47. The average molecular weight is 211 g/mol. The molecule has 1 atom stereocenters. The topological polar surface area (TPSA) is 62.1 Å².